The molecule has 0 spiro atoms. The molecule has 1 N–H and O–H groups in total. The van der Waals surface area contributed by atoms with E-state index < -0.39 is 5.82 Å². The lowest BCUT2D eigenvalue weighted by molar-refractivity contribution is 0.0630. The number of likely N-dealkylation sites (tertiary alicyclic amines) is 1. The summed E-state index contributed by atoms with van der Waals surface area (Å²) in [6, 6.07) is 6.05. The van der Waals surface area contributed by atoms with E-state index >= 15 is 0 Å². The van der Waals surface area contributed by atoms with Crippen molar-refractivity contribution in [2.24, 2.45) is 5.92 Å². The number of hydrogen-bond acceptors (Lipinski definition) is 3. The van der Waals surface area contributed by atoms with Crippen LogP contribution in [0.4, 0.5) is 4.39 Å². The summed E-state index contributed by atoms with van der Waals surface area (Å²) >= 11 is 0. The second kappa shape index (κ2) is 7.02. The van der Waals surface area contributed by atoms with Gasteiger partial charge in [-0.2, -0.15) is 5.10 Å². The zero-order valence-corrected chi connectivity index (χ0v) is 14.6. The van der Waals surface area contributed by atoms with Crippen molar-refractivity contribution in [3.05, 3.63) is 52.6 Å². The van der Waals surface area contributed by atoms with Crippen LogP contribution in [0.5, 0.6) is 0 Å². The van der Waals surface area contributed by atoms with Crippen molar-refractivity contribution in [3.8, 4) is 0 Å². The van der Waals surface area contributed by atoms with Gasteiger partial charge in [0.2, 0.25) is 0 Å². The fraction of sp³-hybridized carbons (Fsp3) is 0.450. The van der Waals surface area contributed by atoms with Gasteiger partial charge < -0.3 is 4.90 Å². The fourth-order valence-electron chi connectivity index (χ4n) is 4.06. The van der Waals surface area contributed by atoms with Crippen LogP contribution in [0.1, 0.15) is 57.8 Å². The van der Waals surface area contributed by atoms with Crippen molar-refractivity contribution >= 4 is 11.7 Å². The number of benzene rings is 1. The van der Waals surface area contributed by atoms with E-state index in [2.05, 4.69) is 10.2 Å². The normalized spacial score (nSPS) is 19.9. The monoisotopic (exact) mass is 355 g/mol. The minimum Gasteiger partial charge on any atom is -0.337 e. The lowest BCUT2D eigenvalue weighted by atomic mass is 9.89. The molecule has 2 heterocycles. The number of fused-ring (bicyclic) bond motifs is 1. The van der Waals surface area contributed by atoms with Crippen LogP contribution >= 0.6 is 0 Å². The first kappa shape index (κ1) is 16.9. The second-order valence-corrected chi connectivity index (χ2v) is 7.17. The van der Waals surface area contributed by atoms with Gasteiger partial charge in [-0.15, -0.1) is 0 Å². The highest BCUT2D eigenvalue weighted by atomic mass is 19.1. The van der Waals surface area contributed by atoms with Crippen molar-refractivity contribution in [1.29, 1.82) is 0 Å². The third-order valence-electron chi connectivity index (χ3n) is 5.48. The smallest absolute Gasteiger partial charge is 0.274 e. The molecule has 5 nitrogen and oxygen atoms in total. The van der Waals surface area contributed by atoms with E-state index in [1.807, 2.05) is 0 Å². The minimum absolute atomic E-state index is 0.115. The third-order valence-corrected chi connectivity index (χ3v) is 5.48. The molecule has 1 fully saturated rings. The highest BCUT2D eigenvalue weighted by Crippen LogP contribution is 2.26. The van der Waals surface area contributed by atoms with Gasteiger partial charge in [-0.25, -0.2) is 4.39 Å². The second-order valence-electron chi connectivity index (χ2n) is 7.17. The molecule has 1 aromatic heterocycles. The molecule has 1 atom stereocenters. The molecule has 1 saturated heterocycles. The molecule has 2 aromatic rings. The van der Waals surface area contributed by atoms with Crippen molar-refractivity contribution in [2.75, 3.05) is 13.1 Å². The van der Waals surface area contributed by atoms with E-state index in [0.717, 1.165) is 43.4 Å². The van der Waals surface area contributed by atoms with Gasteiger partial charge in [0.15, 0.2) is 11.5 Å². The van der Waals surface area contributed by atoms with E-state index in [1.54, 1.807) is 17.0 Å². The number of aromatic nitrogens is 2. The molecule has 2 aliphatic rings. The average Bonchev–Trinajstić information content (AvgIpc) is 3.11. The summed E-state index contributed by atoms with van der Waals surface area (Å²) in [5.41, 5.74) is 2.71. The number of carbonyl (C=O) groups excluding carboxylic acids is 2. The first-order chi connectivity index (χ1) is 12.6. The first-order valence-corrected chi connectivity index (χ1v) is 9.29. The maximum atomic E-state index is 13.9. The van der Waals surface area contributed by atoms with Crippen LogP contribution in [0.3, 0.4) is 0 Å². The zero-order chi connectivity index (χ0) is 18.1. The number of hydrogen-bond donors (Lipinski definition) is 1. The maximum absolute atomic E-state index is 13.9. The van der Waals surface area contributed by atoms with Crippen molar-refractivity contribution in [2.45, 2.75) is 38.5 Å². The number of rotatable bonds is 3. The summed E-state index contributed by atoms with van der Waals surface area (Å²) < 4.78 is 13.9. The standard InChI is InChI=1S/C20H22FN3O2/c21-16-9-3-1-7-14(16)19(25)13-6-5-11-24(12-13)20(26)18-15-8-2-4-10-17(15)22-23-18/h1,3,7,9,13H,2,4-6,8,10-12H2,(H,22,23). The van der Waals surface area contributed by atoms with Crippen LogP contribution in [0.2, 0.25) is 0 Å². The molecule has 1 aromatic carbocycles. The molecule has 1 amide bonds. The number of nitrogens with one attached hydrogen (secondary N) is 1. The summed E-state index contributed by atoms with van der Waals surface area (Å²) in [5, 5.41) is 7.25. The van der Waals surface area contributed by atoms with E-state index in [9.17, 15) is 14.0 Å². The van der Waals surface area contributed by atoms with Crippen LogP contribution in [0, 0.1) is 11.7 Å². The fourth-order valence-corrected chi connectivity index (χ4v) is 4.06. The van der Waals surface area contributed by atoms with Crippen LogP contribution in [-0.2, 0) is 12.8 Å². The molecular weight excluding hydrogens is 333 g/mol. The number of aromatic amines is 1. The molecule has 136 valence electrons. The number of H-pyrrole nitrogens is 1. The molecule has 26 heavy (non-hydrogen) atoms. The summed E-state index contributed by atoms with van der Waals surface area (Å²) in [6.07, 6.45) is 5.41. The number of halogens is 1. The topological polar surface area (TPSA) is 66.1 Å². The highest BCUT2D eigenvalue weighted by molar-refractivity contribution is 5.99. The number of carbonyl (C=O) groups is 2. The number of aryl methyl sites for hydroxylation is 1. The van der Waals surface area contributed by atoms with Crippen LogP contribution < -0.4 is 0 Å². The van der Waals surface area contributed by atoms with Gasteiger partial charge in [0.1, 0.15) is 5.82 Å². The SMILES string of the molecule is O=C(c1ccccc1F)C1CCCN(C(=O)c2n[nH]c3c2CCCC3)C1. The van der Waals surface area contributed by atoms with Crippen LogP contribution in [0.15, 0.2) is 24.3 Å². The Morgan fingerprint density at radius 2 is 1.96 bits per heavy atom. The summed E-state index contributed by atoms with van der Waals surface area (Å²) in [7, 11) is 0. The van der Waals surface area contributed by atoms with Crippen molar-refractivity contribution in [1.82, 2.24) is 15.1 Å². The lowest BCUT2D eigenvalue weighted by Crippen LogP contribution is -2.43. The van der Waals surface area contributed by atoms with Gasteiger partial charge in [-0.3, -0.25) is 14.7 Å². The molecule has 4 rings (SSSR count). The van der Waals surface area contributed by atoms with Crippen molar-refractivity contribution < 1.29 is 14.0 Å². The van der Waals surface area contributed by atoms with Gasteiger partial charge in [-0.1, -0.05) is 12.1 Å². The first-order valence-electron chi connectivity index (χ1n) is 9.29. The van der Waals surface area contributed by atoms with Crippen LogP contribution in [0.25, 0.3) is 0 Å². The minimum atomic E-state index is -0.498. The average molecular weight is 355 g/mol. The van der Waals surface area contributed by atoms with Gasteiger partial charge in [-0.05, 0) is 50.7 Å². The van der Waals surface area contributed by atoms with Gasteiger partial charge in [0.05, 0.1) is 5.56 Å². The predicted octanol–water partition coefficient (Wildman–Crippen LogP) is 3.16. The molecule has 0 radical (unpaired) electrons. The molecule has 1 unspecified atom stereocenters. The Morgan fingerprint density at radius 3 is 2.81 bits per heavy atom. The van der Waals surface area contributed by atoms with E-state index in [0.29, 0.717) is 25.2 Å². The van der Waals surface area contributed by atoms with E-state index in [-0.39, 0.29) is 23.2 Å². The number of nitrogens with zero attached hydrogens (tertiary/aromatic N) is 2. The quantitative estimate of drug-likeness (QED) is 0.860. The number of piperidine rings is 1. The molecule has 6 heteroatoms. The van der Waals surface area contributed by atoms with Crippen LogP contribution in [-0.4, -0.2) is 39.9 Å². The van der Waals surface area contributed by atoms with E-state index in [4.69, 9.17) is 0 Å². The Labute approximate surface area is 151 Å². The predicted molar refractivity (Wildman–Crippen MR) is 94.6 cm³/mol. The Kier molecular flexibility index (Phi) is 4.57. The molecular formula is C20H22FN3O2. The van der Waals surface area contributed by atoms with Gasteiger partial charge in [0.25, 0.3) is 5.91 Å². The summed E-state index contributed by atoms with van der Waals surface area (Å²) in [6.45, 7) is 0.940. The molecule has 1 aliphatic heterocycles. The van der Waals surface area contributed by atoms with Gasteiger partial charge in [0, 0.05) is 30.3 Å². The number of Topliss-reactive ketones (excluding diaryl/α,β-unsaturated/α-hetero) is 1. The maximum Gasteiger partial charge on any atom is 0.274 e. The Bertz CT molecular complexity index is 845. The Balaban J connectivity index is 1.52. The molecule has 0 bridgehead atoms. The largest absolute Gasteiger partial charge is 0.337 e. The molecule has 0 saturated carbocycles. The van der Waals surface area contributed by atoms with Gasteiger partial charge >= 0.3 is 0 Å². The summed E-state index contributed by atoms with van der Waals surface area (Å²) in [5.74, 6) is -1.19. The Morgan fingerprint density at radius 1 is 1.15 bits per heavy atom. The Hall–Kier alpha value is -2.50. The number of ketones is 1. The molecule has 1 aliphatic carbocycles. The van der Waals surface area contributed by atoms with Crippen molar-refractivity contribution in [3.63, 3.8) is 0 Å². The zero-order valence-electron chi connectivity index (χ0n) is 14.6. The highest BCUT2D eigenvalue weighted by Gasteiger charge is 2.32. The summed E-state index contributed by atoms with van der Waals surface area (Å²) in [4.78, 5) is 27.4. The third kappa shape index (κ3) is 3.04. The number of amides is 1. The van der Waals surface area contributed by atoms with E-state index in [1.165, 1.54) is 12.1 Å². The lowest BCUT2D eigenvalue weighted by Gasteiger charge is -2.32.